The highest BCUT2D eigenvalue weighted by molar-refractivity contribution is 9.10. The molecule has 0 fully saturated rings. The first kappa shape index (κ1) is 18.8. The topological polar surface area (TPSA) is 26.0 Å². The zero-order chi connectivity index (χ0) is 15.4. The molecule has 1 unspecified atom stereocenters. The molecule has 110 valence electrons. The van der Waals surface area contributed by atoms with E-state index in [0.29, 0.717) is 10.0 Å². The summed E-state index contributed by atoms with van der Waals surface area (Å²) in [5.41, 5.74) is 5.29. The summed E-state index contributed by atoms with van der Waals surface area (Å²) in [6.45, 7) is 7.80. The van der Waals surface area contributed by atoms with Crippen molar-refractivity contribution in [2.75, 3.05) is 0 Å². The molecule has 0 amide bonds. The monoisotopic (exact) mass is 357 g/mol. The summed E-state index contributed by atoms with van der Waals surface area (Å²) in [4.78, 5) is 0. The second kappa shape index (κ2) is 6.99. The number of hydrogen-bond donors (Lipinski definition) is 2. The average molecular weight is 358 g/mol. The Labute approximate surface area is 126 Å². The second-order valence-electron chi connectivity index (χ2n) is 5.23. The molecular weight excluding hydrogens is 339 g/mol. The summed E-state index contributed by atoms with van der Waals surface area (Å²) in [6.07, 6.45) is -4.33. The van der Waals surface area contributed by atoms with Crippen LogP contribution in [0.15, 0.2) is 22.7 Å². The molecule has 2 N–H and O–H groups in total. The maximum absolute atomic E-state index is 12.3. The highest BCUT2D eigenvalue weighted by Crippen LogP contribution is 2.32. The summed E-state index contributed by atoms with van der Waals surface area (Å²) in [5.74, 6) is 0. The summed E-state index contributed by atoms with van der Waals surface area (Å²) in [7, 11) is 0. The van der Waals surface area contributed by atoms with E-state index in [4.69, 9.17) is 5.73 Å². The molecule has 1 aromatic carbocycles. The number of nitrogens with two attached hydrogens (primary N) is 1. The van der Waals surface area contributed by atoms with Gasteiger partial charge in [0.05, 0.1) is 5.56 Å². The second-order valence-corrected chi connectivity index (χ2v) is 7.49. The molecule has 1 aromatic rings. The van der Waals surface area contributed by atoms with Crippen molar-refractivity contribution in [1.82, 2.24) is 0 Å². The number of hydrogen-bond acceptors (Lipinski definition) is 2. The Morgan fingerprint density at radius 3 is 1.89 bits per heavy atom. The first-order chi connectivity index (χ1) is 8.30. The van der Waals surface area contributed by atoms with Crippen molar-refractivity contribution < 1.29 is 13.2 Å². The lowest BCUT2D eigenvalue weighted by Gasteiger charge is -2.11. The van der Waals surface area contributed by atoms with Gasteiger partial charge in [0.15, 0.2) is 0 Å². The molecule has 1 rings (SSSR count). The van der Waals surface area contributed by atoms with E-state index in [2.05, 4.69) is 49.3 Å². The lowest BCUT2D eigenvalue weighted by atomic mass is 10.1. The Balaban J connectivity index is 0.000000555. The van der Waals surface area contributed by atoms with Gasteiger partial charge < -0.3 is 5.73 Å². The van der Waals surface area contributed by atoms with Gasteiger partial charge in [-0.3, -0.25) is 0 Å². The van der Waals surface area contributed by atoms with Crippen molar-refractivity contribution in [3.05, 3.63) is 33.8 Å². The number of alkyl halides is 3. The summed E-state index contributed by atoms with van der Waals surface area (Å²) < 4.78 is 37.6. The molecule has 0 spiro atoms. The van der Waals surface area contributed by atoms with E-state index in [1.54, 1.807) is 13.0 Å². The predicted octanol–water partition coefficient (Wildman–Crippen LogP) is 5.20. The lowest BCUT2D eigenvalue weighted by molar-refractivity contribution is -0.137. The number of halogens is 4. The SMILES string of the molecule is CC(C)(C)S.CC(N)c1cc(Br)cc(C(F)(F)F)c1. The standard InChI is InChI=1S/C9H9BrF3N.C4H10S/c1-5(14)6-2-7(9(11,12)13)4-8(10)3-6;1-4(2,3)5/h2-5H,14H2,1H3;5H,1-3H3. The highest BCUT2D eigenvalue weighted by atomic mass is 79.9. The quantitative estimate of drug-likeness (QED) is 0.663. The van der Waals surface area contributed by atoms with Gasteiger partial charge in [-0.15, -0.1) is 0 Å². The molecule has 0 aliphatic heterocycles. The van der Waals surface area contributed by atoms with Crippen molar-refractivity contribution in [1.29, 1.82) is 0 Å². The van der Waals surface area contributed by atoms with Crippen LogP contribution in [0.1, 0.15) is 44.9 Å². The number of benzene rings is 1. The predicted molar refractivity (Wildman–Crippen MR) is 80.5 cm³/mol. The molecule has 19 heavy (non-hydrogen) atoms. The molecule has 0 radical (unpaired) electrons. The Hall–Kier alpha value is -0.200. The minimum absolute atomic E-state index is 0.194. The smallest absolute Gasteiger partial charge is 0.324 e. The number of thiol groups is 1. The normalized spacial score (nSPS) is 13.6. The van der Waals surface area contributed by atoms with E-state index < -0.39 is 17.8 Å². The maximum atomic E-state index is 12.3. The van der Waals surface area contributed by atoms with Crippen LogP contribution in [0.4, 0.5) is 13.2 Å². The fourth-order valence-electron chi connectivity index (χ4n) is 1.04. The largest absolute Gasteiger partial charge is 0.416 e. The third-order valence-corrected chi connectivity index (χ3v) is 2.23. The van der Waals surface area contributed by atoms with E-state index in [1.807, 2.05) is 0 Å². The van der Waals surface area contributed by atoms with E-state index >= 15 is 0 Å². The molecule has 0 bridgehead atoms. The maximum Gasteiger partial charge on any atom is 0.416 e. The molecule has 1 nitrogen and oxygen atoms in total. The van der Waals surface area contributed by atoms with Crippen molar-refractivity contribution in [2.24, 2.45) is 5.73 Å². The summed E-state index contributed by atoms with van der Waals surface area (Å²) in [5, 5.41) is 0. The van der Waals surface area contributed by atoms with Gasteiger partial charge in [-0.25, -0.2) is 0 Å². The molecule has 0 saturated heterocycles. The minimum Gasteiger partial charge on any atom is -0.324 e. The Morgan fingerprint density at radius 2 is 1.58 bits per heavy atom. The summed E-state index contributed by atoms with van der Waals surface area (Å²) in [6, 6.07) is 3.27. The van der Waals surface area contributed by atoms with E-state index in [0.717, 1.165) is 12.1 Å². The van der Waals surface area contributed by atoms with Gasteiger partial charge in [0.25, 0.3) is 0 Å². The Kier molecular flexibility index (Phi) is 6.92. The van der Waals surface area contributed by atoms with Crippen molar-refractivity contribution >= 4 is 28.6 Å². The zero-order valence-corrected chi connectivity index (χ0v) is 13.8. The van der Waals surface area contributed by atoms with Gasteiger partial charge >= 0.3 is 6.18 Å². The van der Waals surface area contributed by atoms with Crippen LogP contribution >= 0.6 is 28.6 Å². The van der Waals surface area contributed by atoms with Gasteiger partial charge in [-0.05, 0) is 30.7 Å². The molecule has 1 atom stereocenters. The van der Waals surface area contributed by atoms with Gasteiger partial charge in [0.1, 0.15) is 0 Å². The molecule has 0 aromatic heterocycles. The van der Waals surface area contributed by atoms with E-state index in [9.17, 15) is 13.2 Å². The molecule has 6 heteroatoms. The van der Waals surface area contributed by atoms with Crippen LogP contribution in [-0.2, 0) is 6.18 Å². The molecule has 0 heterocycles. The third-order valence-electron chi connectivity index (χ3n) is 1.77. The zero-order valence-electron chi connectivity index (χ0n) is 11.3. The van der Waals surface area contributed by atoms with Crippen LogP contribution in [0, 0.1) is 0 Å². The van der Waals surface area contributed by atoms with Gasteiger partial charge in [0.2, 0.25) is 0 Å². The summed E-state index contributed by atoms with van der Waals surface area (Å²) >= 11 is 7.14. The van der Waals surface area contributed by atoms with Gasteiger partial charge in [-0.1, -0.05) is 36.7 Å². The minimum atomic E-state index is -4.33. The number of rotatable bonds is 1. The van der Waals surface area contributed by atoms with Crippen LogP contribution in [0.3, 0.4) is 0 Å². The third kappa shape index (κ3) is 9.35. The fourth-order valence-corrected chi connectivity index (χ4v) is 1.55. The van der Waals surface area contributed by atoms with Gasteiger partial charge in [-0.2, -0.15) is 25.8 Å². The average Bonchev–Trinajstić information content (AvgIpc) is 2.12. The van der Waals surface area contributed by atoms with Crippen LogP contribution in [0.2, 0.25) is 0 Å². The van der Waals surface area contributed by atoms with Crippen molar-refractivity contribution in [3.63, 3.8) is 0 Å². The van der Waals surface area contributed by atoms with Crippen LogP contribution in [0.25, 0.3) is 0 Å². The molecular formula is C13H19BrF3NS. The van der Waals surface area contributed by atoms with Crippen LogP contribution in [0.5, 0.6) is 0 Å². The van der Waals surface area contributed by atoms with Crippen LogP contribution in [-0.4, -0.2) is 4.75 Å². The lowest BCUT2D eigenvalue weighted by Crippen LogP contribution is -2.09. The molecule has 0 aliphatic carbocycles. The van der Waals surface area contributed by atoms with E-state index in [1.165, 1.54) is 0 Å². The van der Waals surface area contributed by atoms with Gasteiger partial charge in [0, 0.05) is 15.3 Å². The Bertz CT molecular complexity index is 405. The van der Waals surface area contributed by atoms with E-state index in [-0.39, 0.29) is 4.75 Å². The molecule has 0 saturated carbocycles. The fraction of sp³-hybridized carbons (Fsp3) is 0.538. The highest BCUT2D eigenvalue weighted by Gasteiger charge is 2.31. The van der Waals surface area contributed by atoms with Crippen molar-refractivity contribution in [2.45, 2.75) is 44.7 Å². The first-order valence-corrected chi connectivity index (χ1v) is 6.90. The first-order valence-electron chi connectivity index (χ1n) is 5.66. The van der Waals surface area contributed by atoms with Crippen LogP contribution < -0.4 is 5.73 Å². The van der Waals surface area contributed by atoms with Crippen molar-refractivity contribution in [3.8, 4) is 0 Å². The Morgan fingerprint density at radius 1 is 1.16 bits per heavy atom. The molecule has 0 aliphatic rings.